The Morgan fingerprint density at radius 3 is 2.67 bits per heavy atom. The topological polar surface area (TPSA) is 49.3 Å². The van der Waals surface area contributed by atoms with Crippen LogP contribution in [0.4, 0.5) is 0 Å². The Hall–Kier alpha value is 0.130. The maximum atomic E-state index is 10.5. The molecule has 0 radical (unpaired) electrons. The second-order valence-electron chi connectivity index (χ2n) is 2.65. The van der Waals surface area contributed by atoms with E-state index in [2.05, 4.69) is 5.32 Å². The lowest BCUT2D eigenvalue weighted by atomic mass is 10.4. The highest BCUT2D eigenvalue weighted by Gasteiger charge is 2.19. The quantitative estimate of drug-likeness (QED) is 0.728. The van der Waals surface area contributed by atoms with Crippen molar-refractivity contribution < 1.29 is 9.90 Å². The third-order valence-electron chi connectivity index (χ3n) is 1.58. The molecular formula is C7H13NO2S2. The van der Waals surface area contributed by atoms with Gasteiger partial charge in [-0.2, -0.15) is 0 Å². The summed E-state index contributed by atoms with van der Waals surface area (Å²) >= 11 is 3.59. The molecular weight excluding hydrogens is 194 g/mol. The molecule has 1 aliphatic rings. The molecule has 5 heteroatoms. The fraction of sp³-hybridized carbons (Fsp3) is 0.857. The Bertz CT molecular complexity index is 159. The van der Waals surface area contributed by atoms with E-state index >= 15 is 0 Å². The first-order chi connectivity index (χ1) is 5.70. The number of hydrogen-bond acceptors (Lipinski definition) is 4. The Balaban J connectivity index is 2.24. The van der Waals surface area contributed by atoms with Crippen molar-refractivity contribution in [3.05, 3.63) is 0 Å². The zero-order valence-corrected chi connectivity index (χ0v) is 8.58. The van der Waals surface area contributed by atoms with Crippen molar-refractivity contribution in [2.45, 2.75) is 24.1 Å². The van der Waals surface area contributed by atoms with Crippen molar-refractivity contribution in [1.29, 1.82) is 0 Å². The molecule has 0 aromatic rings. The summed E-state index contributed by atoms with van der Waals surface area (Å²) in [4.78, 5) is 10.5. The predicted molar refractivity (Wildman–Crippen MR) is 53.6 cm³/mol. The highest BCUT2D eigenvalue weighted by atomic mass is 32.2. The van der Waals surface area contributed by atoms with Crippen LogP contribution in [0.5, 0.6) is 0 Å². The molecule has 0 unspecified atom stereocenters. The first kappa shape index (κ1) is 10.2. The third-order valence-corrected chi connectivity index (χ3v) is 4.33. The minimum atomic E-state index is -0.776. The van der Waals surface area contributed by atoms with E-state index in [4.69, 9.17) is 5.11 Å². The molecule has 1 saturated heterocycles. The van der Waals surface area contributed by atoms with Gasteiger partial charge in [0.2, 0.25) is 0 Å². The van der Waals surface area contributed by atoms with Crippen LogP contribution in [-0.4, -0.2) is 33.3 Å². The van der Waals surface area contributed by atoms with E-state index in [0.717, 1.165) is 11.5 Å². The number of nitrogens with one attached hydrogen (secondary N) is 1. The van der Waals surface area contributed by atoms with Gasteiger partial charge in [0.25, 0.3) is 0 Å². The van der Waals surface area contributed by atoms with Crippen molar-refractivity contribution in [3.63, 3.8) is 0 Å². The van der Waals surface area contributed by atoms with Crippen molar-refractivity contribution >= 4 is 29.5 Å². The van der Waals surface area contributed by atoms with Gasteiger partial charge in [0.05, 0.1) is 0 Å². The Morgan fingerprint density at radius 1 is 1.58 bits per heavy atom. The van der Waals surface area contributed by atoms with Gasteiger partial charge in [0, 0.05) is 0 Å². The zero-order chi connectivity index (χ0) is 8.97. The summed E-state index contributed by atoms with van der Waals surface area (Å²) in [5.41, 5.74) is 0. The summed E-state index contributed by atoms with van der Waals surface area (Å²) in [5.74, 6) is 1.50. The van der Waals surface area contributed by atoms with E-state index in [1.54, 1.807) is 30.4 Å². The molecule has 1 rings (SSSR count). The summed E-state index contributed by atoms with van der Waals surface area (Å²) in [5, 5.41) is 11.7. The SMILES string of the molecule is C[C@H](NC1SCCCS1)C(=O)O. The average Bonchev–Trinajstić information content (AvgIpc) is 2.06. The summed E-state index contributed by atoms with van der Waals surface area (Å²) in [6.45, 7) is 1.68. The van der Waals surface area contributed by atoms with Crippen LogP contribution in [0.15, 0.2) is 0 Å². The molecule has 0 bridgehead atoms. The number of hydrogen-bond donors (Lipinski definition) is 2. The molecule has 1 heterocycles. The second-order valence-corrected chi connectivity index (χ2v) is 5.38. The normalized spacial score (nSPS) is 22.1. The molecule has 0 aromatic heterocycles. The second kappa shape index (κ2) is 4.99. The van der Waals surface area contributed by atoms with Gasteiger partial charge in [0.1, 0.15) is 10.7 Å². The first-order valence-electron chi connectivity index (χ1n) is 3.92. The molecule has 1 atom stereocenters. The number of aliphatic carboxylic acids is 1. The van der Waals surface area contributed by atoms with E-state index in [9.17, 15) is 4.79 Å². The summed E-state index contributed by atoms with van der Waals surface area (Å²) < 4.78 is 0.268. The van der Waals surface area contributed by atoms with Crippen LogP contribution < -0.4 is 5.32 Å². The van der Waals surface area contributed by atoms with Crippen LogP contribution >= 0.6 is 23.5 Å². The molecule has 2 N–H and O–H groups in total. The Kier molecular flexibility index (Phi) is 4.25. The molecule has 1 aliphatic heterocycles. The van der Waals surface area contributed by atoms with E-state index in [1.165, 1.54) is 6.42 Å². The monoisotopic (exact) mass is 207 g/mol. The highest BCUT2D eigenvalue weighted by Crippen LogP contribution is 2.28. The highest BCUT2D eigenvalue weighted by molar-refractivity contribution is 8.17. The fourth-order valence-electron chi connectivity index (χ4n) is 0.859. The third kappa shape index (κ3) is 3.25. The van der Waals surface area contributed by atoms with Gasteiger partial charge in [-0.1, -0.05) is 0 Å². The standard InChI is InChI=1S/C7H13NO2S2/c1-5(6(9)10)8-7-11-3-2-4-12-7/h5,7-8H,2-4H2,1H3,(H,9,10)/t5-/m0/s1. The fourth-order valence-corrected chi connectivity index (χ4v) is 3.66. The molecule has 3 nitrogen and oxygen atoms in total. The van der Waals surface area contributed by atoms with Crippen molar-refractivity contribution in [3.8, 4) is 0 Å². The van der Waals surface area contributed by atoms with Gasteiger partial charge in [-0.3, -0.25) is 10.1 Å². The molecule has 0 aromatic carbocycles. The summed E-state index contributed by atoms with van der Waals surface area (Å²) in [7, 11) is 0. The smallest absolute Gasteiger partial charge is 0.320 e. The van der Waals surface area contributed by atoms with Crippen LogP contribution in [0.25, 0.3) is 0 Å². The lowest BCUT2D eigenvalue weighted by Crippen LogP contribution is -2.39. The molecule has 70 valence electrons. The van der Waals surface area contributed by atoms with E-state index in [1.807, 2.05) is 0 Å². The molecule has 12 heavy (non-hydrogen) atoms. The van der Waals surface area contributed by atoms with Crippen molar-refractivity contribution in [2.75, 3.05) is 11.5 Å². The van der Waals surface area contributed by atoms with Gasteiger partial charge in [-0.05, 0) is 24.9 Å². The molecule has 0 spiro atoms. The van der Waals surface area contributed by atoms with Crippen LogP contribution in [0.3, 0.4) is 0 Å². The number of thioether (sulfide) groups is 2. The molecule has 1 fully saturated rings. The minimum absolute atomic E-state index is 0.268. The van der Waals surface area contributed by atoms with Gasteiger partial charge in [0.15, 0.2) is 0 Å². The van der Waals surface area contributed by atoms with Gasteiger partial charge in [-0.15, -0.1) is 23.5 Å². The van der Waals surface area contributed by atoms with Crippen molar-refractivity contribution in [2.24, 2.45) is 0 Å². The van der Waals surface area contributed by atoms with Gasteiger partial charge >= 0.3 is 5.97 Å². The Labute approximate surface area is 80.7 Å². The van der Waals surface area contributed by atoms with Gasteiger partial charge < -0.3 is 5.11 Å². The van der Waals surface area contributed by atoms with Crippen LogP contribution in [0.1, 0.15) is 13.3 Å². The number of carboxylic acids is 1. The number of carbonyl (C=O) groups is 1. The first-order valence-corrected chi connectivity index (χ1v) is 6.02. The maximum Gasteiger partial charge on any atom is 0.320 e. The lowest BCUT2D eigenvalue weighted by molar-refractivity contribution is -0.138. The predicted octanol–water partition coefficient (Wildman–Crippen LogP) is 1.20. The average molecular weight is 207 g/mol. The summed E-state index contributed by atoms with van der Waals surface area (Å²) in [6.07, 6.45) is 1.23. The largest absolute Gasteiger partial charge is 0.480 e. The van der Waals surface area contributed by atoms with Crippen LogP contribution in [0, 0.1) is 0 Å². The Morgan fingerprint density at radius 2 is 2.17 bits per heavy atom. The van der Waals surface area contributed by atoms with E-state index in [0.29, 0.717) is 0 Å². The zero-order valence-electron chi connectivity index (χ0n) is 6.95. The minimum Gasteiger partial charge on any atom is -0.480 e. The number of carboxylic acid groups (broad SMARTS) is 1. The number of rotatable bonds is 3. The summed E-state index contributed by atoms with van der Waals surface area (Å²) in [6, 6.07) is -0.437. The maximum absolute atomic E-state index is 10.5. The van der Waals surface area contributed by atoms with Crippen LogP contribution in [0.2, 0.25) is 0 Å². The lowest BCUT2D eigenvalue weighted by Gasteiger charge is -2.23. The van der Waals surface area contributed by atoms with Crippen LogP contribution in [-0.2, 0) is 4.79 Å². The molecule has 0 aliphatic carbocycles. The molecule has 0 amide bonds. The van der Waals surface area contributed by atoms with E-state index in [-0.39, 0.29) is 4.71 Å². The van der Waals surface area contributed by atoms with E-state index < -0.39 is 12.0 Å². The molecule has 0 saturated carbocycles. The van der Waals surface area contributed by atoms with Gasteiger partial charge in [-0.25, -0.2) is 0 Å². The van der Waals surface area contributed by atoms with Crippen molar-refractivity contribution in [1.82, 2.24) is 5.32 Å².